The number of hydrogen-bond acceptors (Lipinski definition) is 4. The summed E-state index contributed by atoms with van der Waals surface area (Å²) in [6.07, 6.45) is 1.25. The normalized spacial score (nSPS) is 17.0. The molecule has 8 heteroatoms. The second-order valence-electron chi connectivity index (χ2n) is 5.53. The van der Waals surface area contributed by atoms with E-state index in [1.54, 1.807) is 0 Å². The van der Waals surface area contributed by atoms with E-state index in [4.69, 9.17) is 0 Å². The first kappa shape index (κ1) is 14.8. The maximum atomic E-state index is 12.8. The highest BCUT2D eigenvalue weighted by atomic mass is 79.9. The molecule has 112 valence electrons. The first-order valence-electron chi connectivity index (χ1n) is 6.24. The van der Waals surface area contributed by atoms with Crippen molar-refractivity contribution in [3.8, 4) is 0 Å². The van der Waals surface area contributed by atoms with E-state index in [0.717, 1.165) is 10.0 Å². The number of H-pyrrole nitrogens is 1. The van der Waals surface area contributed by atoms with Crippen LogP contribution >= 0.6 is 27.3 Å². The van der Waals surface area contributed by atoms with Gasteiger partial charge in [-0.2, -0.15) is 0 Å². The van der Waals surface area contributed by atoms with Crippen molar-refractivity contribution in [3.05, 3.63) is 44.1 Å². The van der Waals surface area contributed by atoms with Crippen LogP contribution in [0.25, 0.3) is 0 Å². The molecule has 0 radical (unpaired) electrons. The van der Waals surface area contributed by atoms with Gasteiger partial charge in [0.05, 0.1) is 5.69 Å². The fraction of sp³-hybridized carbons (Fsp3) is 0.308. The van der Waals surface area contributed by atoms with Crippen molar-refractivity contribution < 1.29 is 8.42 Å². The number of aromatic nitrogens is 1. The van der Waals surface area contributed by atoms with Crippen LogP contribution < -0.4 is 9.18 Å². The van der Waals surface area contributed by atoms with Crippen LogP contribution in [0.4, 0.5) is 5.69 Å². The highest BCUT2D eigenvalue weighted by Crippen LogP contribution is 2.46. The zero-order chi connectivity index (χ0) is 15.4. The molecule has 0 bridgehead atoms. The summed E-state index contributed by atoms with van der Waals surface area (Å²) in [5.41, 5.74) is 1.35. The van der Waals surface area contributed by atoms with Gasteiger partial charge >= 0.3 is 4.87 Å². The van der Waals surface area contributed by atoms with Crippen molar-refractivity contribution in [2.75, 3.05) is 10.8 Å². The van der Waals surface area contributed by atoms with Gasteiger partial charge in [0.15, 0.2) is 4.21 Å². The molecule has 5 nitrogen and oxygen atoms in total. The molecule has 1 aliphatic rings. The largest absolute Gasteiger partial charge is 0.318 e. The second-order valence-corrected chi connectivity index (χ2v) is 9.49. The molecule has 0 saturated carbocycles. The molecule has 0 fully saturated rings. The maximum absolute atomic E-state index is 12.8. The molecule has 1 N–H and O–H groups in total. The molecule has 2 aromatic rings. The Morgan fingerprint density at radius 2 is 2.10 bits per heavy atom. The highest BCUT2D eigenvalue weighted by molar-refractivity contribution is 9.10. The van der Waals surface area contributed by atoms with Crippen molar-refractivity contribution in [2.24, 2.45) is 0 Å². The molecule has 0 saturated heterocycles. The monoisotopic (exact) mass is 388 g/mol. The minimum Gasteiger partial charge on any atom is -0.318 e. The lowest BCUT2D eigenvalue weighted by Gasteiger charge is -2.21. The number of aromatic amines is 1. The molecule has 2 heterocycles. The Kier molecular flexibility index (Phi) is 3.30. The van der Waals surface area contributed by atoms with Crippen molar-refractivity contribution in [3.63, 3.8) is 0 Å². The average Bonchev–Trinajstić information content (AvgIpc) is 2.94. The molecule has 1 aromatic heterocycles. The van der Waals surface area contributed by atoms with Crippen LogP contribution in [-0.2, 0) is 15.4 Å². The molecular weight excluding hydrogens is 376 g/mol. The van der Waals surface area contributed by atoms with Gasteiger partial charge in [0.25, 0.3) is 10.0 Å². The lowest BCUT2D eigenvalue weighted by atomic mass is 9.87. The zero-order valence-electron chi connectivity index (χ0n) is 11.4. The second kappa shape index (κ2) is 4.69. The molecule has 21 heavy (non-hydrogen) atoms. The highest BCUT2D eigenvalue weighted by Gasteiger charge is 2.42. The summed E-state index contributed by atoms with van der Waals surface area (Å²) in [5.74, 6) is 0. The fourth-order valence-corrected chi connectivity index (χ4v) is 5.94. The van der Waals surface area contributed by atoms with Gasteiger partial charge in [0, 0.05) is 22.6 Å². The molecule has 0 aliphatic carbocycles. The number of para-hydroxylation sites is 1. The summed E-state index contributed by atoms with van der Waals surface area (Å²) >= 11 is 4.14. The first-order valence-corrected chi connectivity index (χ1v) is 9.29. The minimum atomic E-state index is -3.73. The maximum Gasteiger partial charge on any atom is 0.305 e. The summed E-state index contributed by atoms with van der Waals surface area (Å²) in [6, 6.07) is 5.66. The van der Waals surface area contributed by atoms with Crippen LogP contribution in [0.15, 0.2) is 37.9 Å². The number of nitrogens with one attached hydrogen (secondary N) is 1. The minimum absolute atomic E-state index is 0.0342. The Balaban J connectivity index is 2.21. The molecule has 1 aliphatic heterocycles. The Morgan fingerprint density at radius 3 is 2.71 bits per heavy atom. The van der Waals surface area contributed by atoms with Crippen LogP contribution in [0, 0.1) is 0 Å². The Labute approximate surface area is 134 Å². The molecule has 3 rings (SSSR count). The van der Waals surface area contributed by atoms with Crippen LogP contribution in [0.2, 0.25) is 0 Å². The van der Waals surface area contributed by atoms with Crippen LogP contribution in [0.1, 0.15) is 19.4 Å². The van der Waals surface area contributed by atoms with E-state index in [1.165, 1.54) is 10.5 Å². The van der Waals surface area contributed by atoms with E-state index in [9.17, 15) is 13.2 Å². The van der Waals surface area contributed by atoms with E-state index in [1.807, 2.05) is 32.0 Å². The summed E-state index contributed by atoms with van der Waals surface area (Å²) in [7, 11) is -3.73. The number of sulfonamides is 1. The van der Waals surface area contributed by atoms with Crippen molar-refractivity contribution in [1.82, 2.24) is 4.98 Å². The van der Waals surface area contributed by atoms with Gasteiger partial charge < -0.3 is 4.98 Å². The number of nitrogens with zero attached hydrogens (tertiary/aromatic N) is 1. The van der Waals surface area contributed by atoms with E-state index in [-0.39, 0.29) is 14.5 Å². The van der Waals surface area contributed by atoms with Crippen LogP contribution in [0.3, 0.4) is 0 Å². The SMILES string of the molecule is CC1(C)CN(S(=O)(=O)c2c[nH]c(=O)s2)c2c(Br)cccc21. The fourth-order valence-electron chi connectivity index (χ4n) is 2.55. The topological polar surface area (TPSA) is 70.2 Å². The van der Waals surface area contributed by atoms with Gasteiger partial charge in [-0.05, 0) is 27.6 Å². The van der Waals surface area contributed by atoms with E-state index in [2.05, 4.69) is 20.9 Å². The van der Waals surface area contributed by atoms with Crippen molar-refractivity contribution >= 4 is 43.0 Å². The Morgan fingerprint density at radius 1 is 1.38 bits per heavy atom. The lowest BCUT2D eigenvalue weighted by Crippen LogP contribution is -2.33. The Bertz CT molecular complexity index is 868. The standard InChI is InChI=1S/C13H13BrN2O3S2/c1-13(2)7-16(11-8(13)4-3-5-9(11)14)21(18,19)10-6-15-12(17)20-10/h3-6H,7H2,1-2H3,(H,15,17). The summed E-state index contributed by atoms with van der Waals surface area (Å²) in [5, 5.41) is 0. The number of rotatable bonds is 2. The van der Waals surface area contributed by atoms with Crippen molar-refractivity contribution in [2.45, 2.75) is 23.5 Å². The molecule has 0 unspecified atom stereocenters. The smallest absolute Gasteiger partial charge is 0.305 e. The van der Waals surface area contributed by atoms with Crippen LogP contribution in [-0.4, -0.2) is 19.9 Å². The number of halogens is 1. The molecule has 0 amide bonds. The van der Waals surface area contributed by atoms with E-state index < -0.39 is 10.0 Å². The summed E-state index contributed by atoms with van der Waals surface area (Å²) < 4.78 is 27.8. The molecular formula is C13H13BrN2O3S2. The van der Waals surface area contributed by atoms with E-state index >= 15 is 0 Å². The van der Waals surface area contributed by atoms with Gasteiger partial charge in [0.1, 0.15) is 0 Å². The summed E-state index contributed by atoms with van der Waals surface area (Å²) in [4.78, 5) is 13.3. The van der Waals surface area contributed by atoms with Crippen LogP contribution in [0.5, 0.6) is 0 Å². The quantitative estimate of drug-likeness (QED) is 0.859. The first-order chi connectivity index (χ1) is 9.73. The van der Waals surface area contributed by atoms with Gasteiger partial charge in [-0.1, -0.05) is 37.3 Å². The molecule has 0 atom stereocenters. The molecule has 1 aromatic carbocycles. The third-order valence-corrected chi connectivity index (χ3v) is 7.21. The average molecular weight is 389 g/mol. The van der Waals surface area contributed by atoms with Gasteiger partial charge in [0.2, 0.25) is 0 Å². The number of hydrogen-bond donors (Lipinski definition) is 1. The Hall–Kier alpha value is -1.12. The third-order valence-electron chi connectivity index (χ3n) is 3.55. The van der Waals surface area contributed by atoms with E-state index in [0.29, 0.717) is 23.6 Å². The third kappa shape index (κ3) is 2.25. The predicted molar refractivity (Wildman–Crippen MR) is 86.6 cm³/mol. The number of fused-ring (bicyclic) bond motifs is 1. The lowest BCUT2D eigenvalue weighted by molar-refractivity contribution is 0.555. The summed E-state index contributed by atoms with van der Waals surface area (Å²) in [6.45, 7) is 4.36. The number of thiazole rings is 1. The van der Waals surface area contributed by atoms with Gasteiger partial charge in [-0.3, -0.25) is 9.10 Å². The molecule has 0 spiro atoms. The number of benzene rings is 1. The van der Waals surface area contributed by atoms with Crippen molar-refractivity contribution in [1.29, 1.82) is 0 Å². The van der Waals surface area contributed by atoms with Gasteiger partial charge in [-0.25, -0.2) is 8.42 Å². The number of anilines is 1. The zero-order valence-corrected chi connectivity index (χ0v) is 14.6. The van der Waals surface area contributed by atoms with Gasteiger partial charge in [-0.15, -0.1) is 0 Å². The predicted octanol–water partition coefficient (Wildman–Crippen LogP) is 2.69.